The topological polar surface area (TPSA) is 29.1 Å². The first kappa shape index (κ1) is 13.9. The Bertz CT molecular complexity index is 431. The third-order valence-corrected chi connectivity index (χ3v) is 2.87. The maximum absolute atomic E-state index is 13.3. The van der Waals surface area contributed by atoms with Crippen molar-refractivity contribution >= 4 is 27.9 Å². The second-order valence-electron chi connectivity index (χ2n) is 3.82. The highest BCUT2D eigenvalue weighted by molar-refractivity contribution is 9.10. The Morgan fingerprint density at radius 2 is 2.29 bits per heavy atom. The van der Waals surface area contributed by atoms with Crippen molar-refractivity contribution < 1.29 is 9.18 Å². The molecule has 0 heterocycles. The van der Waals surface area contributed by atoms with Crippen molar-refractivity contribution in [2.45, 2.75) is 26.3 Å². The van der Waals surface area contributed by atoms with Crippen molar-refractivity contribution in [3.05, 3.63) is 40.1 Å². The summed E-state index contributed by atoms with van der Waals surface area (Å²) >= 11 is 3.25. The molecule has 1 N–H and O–H groups in total. The van der Waals surface area contributed by atoms with E-state index in [1.807, 2.05) is 13.8 Å². The first-order chi connectivity index (χ1) is 8.02. The standard InChI is InChI=1S/C13H15BrFNO/c1-3-9(2)16-13(17)7-4-10-8-11(14)5-6-12(10)15/h4-9H,3H2,1-2H3,(H,16,17)/b7-4-/t9-/m0/s1. The van der Waals surface area contributed by atoms with E-state index in [0.717, 1.165) is 10.9 Å². The normalized spacial score (nSPS) is 12.7. The number of halogens is 2. The van der Waals surface area contributed by atoms with Crippen molar-refractivity contribution in [3.8, 4) is 0 Å². The number of rotatable bonds is 4. The van der Waals surface area contributed by atoms with Crippen LogP contribution in [0.2, 0.25) is 0 Å². The van der Waals surface area contributed by atoms with Crippen LogP contribution in [-0.2, 0) is 4.79 Å². The summed E-state index contributed by atoms with van der Waals surface area (Å²) in [6.45, 7) is 3.91. The van der Waals surface area contributed by atoms with Gasteiger partial charge >= 0.3 is 0 Å². The summed E-state index contributed by atoms with van der Waals surface area (Å²) in [4.78, 5) is 11.4. The Kier molecular flexibility index (Phi) is 5.35. The van der Waals surface area contributed by atoms with Gasteiger partial charge in [-0.05, 0) is 37.6 Å². The van der Waals surface area contributed by atoms with E-state index in [9.17, 15) is 9.18 Å². The van der Waals surface area contributed by atoms with Gasteiger partial charge in [0, 0.05) is 22.2 Å². The van der Waals surface area contributed by atoms with Crippen LogP contribution in [0.4, 0.5) is 4.39 Å². The lowest BCUT2D eigenvalue weighted by molar-refractivity contribution is -0.117. The average Bonchev–Trinajstić information content (AvgIpc) is 2.30. The SMILES string of the molecule is CC[C@H](C)NC(=O)/C=C\c1cc(Br)ccc1F. The van der Waals surface area contributed by atoms with Crippen LogP contribution in [0.3, 0.4) is 0 Å². The summed E-state index contributed by atoms with van der Waals surface area (Å²) in [6, 6.07) is 4.73. The van der Waals surface area contributed by atoms with Crippen LogP contribution < -0.4 is 5.32 Å². The minimum Gasteiger partial charge on any atom is -0.350 e. The number of amides is 1. The lowest BCUT2D eigenvalue weighted by Gasteiger charge is -2.08. The third kappa shape index (κ3) is 4.69. The summed E-state index contributed by atoms with van der Waals surface area (Å²) in [5.74, 6) is -0.556. The van der Waals surface area contributed by atoms with E-state index >= 15 is 0 Å². The summed E-state index contributed by atoms with van der Waals surface area (Å²) in [6.07, 6.45) is 3.68. The van der Waals surface area contributed by atoms with Gasteiger partial charge in [-0.15, -0.1) is 0 Å². The lowest BCUT2D eigenvalue weighted by Crippen LogP contribution is -2.30. The van der Waals surface area contributed by atoms with Gasteiger partial charge in [0.1, 0.15) is 5.82 Å². The second kappa shape index (κ2) is 6.55. The molecule has 1 aromatic rings. The summed E-state index contributed by atoms with van der Waals surface area (Å²) < 4.78 is 14.1. The fraction of sp³-hybridized carbons (Fsp3) is 0.308. The molecular weight excluding hydrogens is 285 g/mol. The highest BCUT2D eigenvalue weighted by atomic mass is 79.9. The predicted octanol–water partition coefficient (Wildman–Crippen LogP) is 3.52. The molecule has 0 fully saturated rings. The molecule has 0 bridgehead atoms. The van der Waals surface area contributed by atoms with Crippen LogP contribution in [0.25, 0.3) is 6.08 Å². The van der Waals surface area contributed by atoms with E-state index in [0.29, 0.717) is 5.56 Å². The monoisotopic (exact) mass is 299 g/mol. The van der Waals surface area contributed by atoms with Crippen LogP contribution in [0.5, 0.6) is 0 Å². The van der Waals surface area contributed by atoms with Gasteiger partial charge in [-0.1, -0.05) is 22.9 Å². The number of benzene rings is 1. The maximum atomic E-state index is 13.3. The molecule has 0 radical (unpaired) electrons. The molecule has 1 rings (SSSR count). The molecule has 0 saturated carbocycles. The number of hydrogen-bond acceptors (Lipinski definition) is 1. The van der Waals surface area contributed by atoms with Crippen molar-refractivity contribution in [2.24, 2.45) is 0 Å². The molecule has 17 heavy (non-hydrogen) atoms. The van der Waals surface area contributed by atoms with Gasteiger partial charge in [0.05, 0.1) is 0 Å². The molecule has 0 spiro atoms. The molecule has 0 aliphatic carbocycles. The van der Waals surface area contributed by atoms with E-state index in [1.165, 1.54) is 18.2 Å². The van der Waals surface area contributed by atoms with Crippen molar-refractivity contribution in [1.29, 1.82) is 0 Å². The number of carbonyl (C=O) groups excluding carboxylic acids is 1. The van der Waals surface area contributed by atoms with E-state index in [2.05, 4.69) is 21.2 Å². The number of hydrogen-bond donors (Lipinski definition) is 1. The molecule has 0 aromatic heterocycles. The van der Waals surface area contributed by atoms with Crippen LogP contribution in [0.1, 0.15) is 25.8 Å². The van der Waals surface area contributed by atoms with Gasteiger partial charge in [0.25, 0.3) is 0 Å². The van der Waals surface area contributed by atoms with Crippen molar-refractivity contribution in [2.75, 3.05) is 0 Å². The Labute approximate surface area is 109 Å². The molecule has 0 aliphatic rings. The van der Waals surface area contributed by atoms with Crippen LogP contribution in [0, 0.1) is 5.82 Å². The predicted molar refractivity (Wildman–Crippen MR) is 71.0 cm³/mol. The molecule has 92 valence electrons. The zero-order chi connectivity index (χ0) is 12.8. The summed E-state index contributed by atoms with van der Waals surface area (Å²) in [5, 5.41) is 2.77. The zero-order valence-corrected chi connectivity index (χ0v) is 11.4. The van der Waals surface area contributed by atoms with E-state index in [4.69, 9.17) is 0 Å². The molecule has 1 amide bonds. The van der Waals surface area contributed by atoms with Crippen LogP contribution >= 0.6 is 15.9 Å². The Hall–Kier alpha value is -1.16. The highest BCUT2D eigenvalue weighted by Crippen LogP contribution is 2.16. The second-order valence-corrected chi connectivity index (χ2v) is 4.73. The first-order valence-electron chi connectivity index (χ1n) is 5.46. The number of nitrogens with one attached hydrogen (secondary N) is 1. The third-order valence-electron chi connectivity index (χ3n) is 2.37. The minimum absolute atomic E-state index is 0.125. The van der Waals surface area contributed by atoms with E-state index in [-0.39, 0.29) is 17.8 Å². The minimum atomic E-state index is -0.346. The average molecular weight is 300 g/mol. The molecule has 2 nitrogen and oxygen atoms in total. The van der Waals surface area contributed by atoms with Gasteiger partial charge in [0.2, 0.25) is 5.91 Å². The zero-order valence-electron chi connectivity index (χ0n) is 9.84. The Morgan fingerprint density at radius 1 is 1.59 bits per heavy atom. The molecule has 1 atom stereocenters. The molecule has 4 heteroatoms. The summed E-state index contributed by atoms with van der Waals surface area (Å²) in [5.41, 5.74) is 0.388. The number of carbonyl (C=O) groups is 1. The molecule has 0 unspecified atom stereocenters. The fourth-order valence-electron chi connectivity index (χ4n) is 1.20. The maximum Gasteiger partial charge on any atom is 0.244 e. The smallest absolute Gasteiger partial charge is 0.244 e. The Balaban J connectivity index is 2.70. The fourth-order valence-corrected chi connectivity index (χ4v) is 1.58. The molecule has 1 aromatic carbocycles. The highest BCUT2D eigenvalue weighted by Gasteiger charge is 2.03. The van der Waals surface area contributed by atoms with Gasteiger partial charge in [-0.2, -0.15) is 0 Å². The van der Waals surface area contributed by atoms with E-state index < -0.39 is 0 Å². The van der Waals surface area contributed by atoms with Gasteiger partial charge in [0.15, 0.2) is 0 Å². The largest absolute Gasteiger partial charge is 0.350 e. The van der Waals surface area contributed by atoms with Gasteiger partial charge in [-0.25, -0.2) is 4.39 Å². The molecule has 0 saturated heterocycles. The van der Waals surface area contributed by atoms with E-state index in [1.54, 1.807) is 12.1 Å². The molecule has 0 aliphatic heterocycles. The lowest BCUT2D eigenvalue weighted by atomic mass is 10.2. The Morgan fingerprint density at radius 3 is 2.94 bits per heavy atom. The quantitative estimate of drug-likeness (QED) is 0.847. The van der Waals surface area contributed by atoms with Crippen LogP contribution in [-0.4, -0.2) is 11.9 Å². The van der Waals surface area contributed by atoms with Gasteiger partial charge < -0.3 is 5.32 Å². The van der Waals surface area contributed by atoms with Crippen LogP contribution in [0.15, 0.2) is 28.7 Å². The molecular formula is C13H15BrFNO. The van der Waals surface area contributed by atoms with Crippen molar-refractivity contribution in [3.63, 3.8) is 0 Å². The van der Waals surface area contributed by atoms with Crippen molar-refractivity contribution in [1.82, 2.24) is 5.32 Å². The summed E-state index contributed by atoms with van der Waals surface area (Å²) in [7, 11) is 0. The first-order valence-corrected chi connectivity index (χ1v) is 6.26. The van der Waals surface area contributed by atoms with Gasteiger partial charge in [-0.3, -0.25) is 4.79 Å².